The van der Waals surface area contributed by atoms with Crippen molar-refractivity contribution in [2.45, 2.75) is 13.8 Å². The van der Waals surface area contributed by atoms with Gasteiger partial charge in [0.1, 0.15) is 0 Å². The van der Waals surface area contributed by atoms with Gasteiger partial charge >= 0.3 is 0 Å². The van der Waals surface area contributed by atoms with Crippen LogP contribution in [-0.2, 0) is 0 Å². The van der Waals surface area contributed by atoms with Crippen molar-refractivity contribution in [3.8, 4) is 11.1 Å². The van der Waals surface area contributed by atoms with Crippen molar-refractivity contribution in [3.63, 3.8) is 0 Å². The van der Waals surface area contributed by atoms with Crippen LogP contribution in [-0.4, -0.2) is 4.98 Å². The Bertz CT molecular complexity index is 469. The zero-order valence-electron chi connectivity index (χ0n) is 8.99. The minimum atomic E-state index is 0.805. The molecule has 0 saturated heterocycles. The minimum Gasteiger partial charge on any atom is -0.399 e. The molecule has 0 saturated carbocycles. The first kappa shape index (κ1) is 9.71. The fraction of sp³-hybridized carbons (Fsp3) is 0.154. The van der Waals surface area contributed by atoms with E-state index in [4.69, 9.17) is 5.73 Å². The number of nitrogens with two attached hydrogens (primary N) is 1. The van der Waals surface area contributed by atoms with E-state index in [-0.39, 0.29) is 0 Å². The van der Waals surface area contributed by atoms with Gasteiger partial charge < -0.3 is 5.73 Å². The lowest BCUT2D eigenvalue weighted by molar-refractivity contribution is 1.20. The Morgan fingerprint density at radius 3 is 2.47 bits per heavy atom. The van der Waals surface area contributed by atoms with E-state index < -0.39 is 0 Å². The summed E-state index contributed by atoms with van der Waals surface area (Å²) in [4.78, 5) is 4.18. The number of anilines is 1. The van der Waals surface area contributed by atoms with E-state index >= 15 is 0 Å². The van der Waals surface area contributed by atoms with E-state index in [0.717, 1.165) is 22.5 Å². The van der Waals surface area contributed by atoms with Crippen LogP contribution in [0.5, 0.6) is 0 Å². The van der Waals surface area contributed by atoms with E-state index in [9.17, 15) is 0 Å². The predicted molar refractivity (Wildman–Crippen MR) is 63.6 cm³/mol. The Morgan fingerprint density at radius 2 is 1.80 bits per heavy atom. The van der Waals surface area contributed by atoms with Crippen molar-refractivity contribution in [1.29, 1.82) is 0 Å². The van der Waals surface area contributed by atoms with Gasteiger partial charge in [-0.15, -0.1) is 0 Å². The Hall–Kier alpha value is -1.83. The summed E-state index contributed by atoms with van der Waals surface area (Å²) in [5.74, 6) is 0. The van der Waals surface area contributed by atoms with E-state index in [1.54, 1.807) is 0 Å². The number of nitrogens with zero attached hydrogens (tertiary/aromatic N) is 1. The minimum absolute atomic E-state index is 0.805. The summed E-state index contributed by atoms with van der Waals surface area (Å²) >= 11 is 0. The molecular weight excluding hydrogens is 184 g/mol. The number of pyridine rings is 1. The summed E-state index contributed by atoms with van der Waals surface area (Å²) in [6.45, 7) is 4.04. The van der Waals surface area contributed by atoms with Crippen LogP contribution in [0.1, 0.15) is 11.3 Å². The van der Waals surface area contributed by atoms with Crippen LogP contribution in [0.25, 0.3) is 11.1 Å². The van der Waals surface area contributed by atoms with Gasteiger partial charge in [-0.1, -0.05) is 6.07 Å². The van der Waals surface area contributed by atoms with E-state index in [1.165, 1.54) is 5.56 Å². The third-order valence-electron chi connectivity index (χ3n) is 2.33. The molecular formula is C13H14N2. The first-order valence-electron chi connectivity index (χ1n) is 4.95. The molecule has 0 aliphatic rings. The topological polar surface area (TPSA) is 38.9 Å². The van der Waals surface area contributed by atoms with Crippen molar-refractivity contribution in [2.75, 3.05) is 5.73 Å². The second-order valence-electron chi connectivity index (χ2n) is 3.82. The van der Waals surface area contributed by atoms with E-state index in [1.807, 2.05) is 38.2 Å². The molecule has 1 heterocycles. The zero-order chi connectivity index (χ0) is 10.8. The van der Waals surface area contributed by atoms with Crippen molar-refractivity contribution < 1.29 is 0 Å². The molecule has 2 rings (SSSR count). The predicted octanol–water partition coefficient (Wildman–Crippen LogP) is 2.95. The van der Waals surface area contributed by atoms with Crippen LogP contribution in [0, 0.1) is 13.8 Å². The second kappa shape index (κ2) is 3.73. The van der Waals surface area contributed by atoms with Gasteiger partial charge in [-0.05, 0) is 54.8 Å². The van der Waals surface area contributed by atoms with Gasteiger partial charge in [0.05, 0.1) is 0 Å². The van der Waals surface area contributed by atoms with E-state index in [2.05, 4.69) is 17.1 Å². The third-order valence-corrected chi connectivity index (χ3v) is 2.33. The first-order chi connectivity index (χ1) is 7.15. The highest BCUT2D eigenvalue weighted by Gasteiger charge is 2.00. The monoisotopic (exact) mass is 198 g/mol. The van der Waals surface area contributed by atoms with Crippen LogP contribution in [0.4, 0.5) is 5.69 Å². The SMILES string of the molecule is Cc1cc(N)cc(-c2ccnc(C)c2)c1. The maximum atomic E-state index is 5.82. The Morgan fingerprint density at radius 1 is 1.00 bits per heavy atom. The molecule has 0 unspecified atom stereocenters. The average Bonchev–Trinajstić information content (AvgIpc) is 2.16. The number of aromatic nitrogens is 1. The largest absolute Gasteiger partial charge is 0.399 e. The maximum absolute atomic E-state index is 5.82. The number of hydrogen-bond donors (Lipinski definition) is 1. The number of hydrogen-bond acceptors (Lipinski definition) is 2. The van der Waals surface area contributed by atoms with Gasteiger partial charge in [0.2, 0.25) is 0 Å². The molecule has 0 bridgehead atoms. The van der Waals surface area contributed by atoms with Crippen LogP contribution in [0.15, 0.2) is 36.5 Å². The van der Waals surface area contributed by atoms with Crippen LogP contribution in [0.2, 0.25) is 0 Å². The summed E-state index contributed by atoms with van der Waals surface area (Å²) in [6, 6.07) is 10.2. The van der Waals surface area contributed by atoms with Gasteiger partial charge in [0.25, 0.3) is 0 Å². The molecule has 76 valence electrons. The molecule has 0 atom stereocenters. The molecule has 0 amide bonds. The number of rotatable bonds is 1. The van der Waals surface area contributed by atoms with Crippen molar-refractivity contribution in [3.05, 3.63) is 47.8 Å². The fourth-order valence-electron chi connectivity index (χ4n) is 1.70. The lowest BCUT2D eigenvalue weighted by atomic mass is 10.0. The van der Waals surface area contributed by atoms with Crippen molar-refractivity contribution in [2.24, 2.45) is 0 Å². The molecule has 1 aromatic carbocycles. The molecule has 1 aromatic heterocycles. The molecule has 0 spiro atoms. The standard InChI is InChI=1S/C13H14N2/c1-9-5-12(8-13(14)6-9)11-3-4-15-10(2)7-11/h3-8H,14H2,1-2H3. The molecule has 2 N–H and O–H groups in total. The highest BCUT2D eigenvalue weighted by Crippen LogP contribution is 2.23. The highest BCUT2D eigenvalue weighted by molar-refractivity contribution is 5.68. The summed E-state index contributed by atoms with van der Waals surface area (Å²) in [6.07, 6.45) is 1.82. The van der Waals surface area contributed by atoms with E-state index in [0.29, 0.717) is 0 Å². The normalized spacial score (nSPS) is 10.3. The summed E-state index contributed by atoms with van der Waals surface area (Å²) in [7, 11) is 0. The quantitative estimate of drug-likeness (QED) is 0.715. The maximum Gasteiger partial charge on any atom is 0.0378 e. The fourth-order valence-corrected chi connectivity index (χ4v) is 1.70. The zero-order valence-corrected chi connectivity index (χ0v) is 8.99. The molecule has 15 heavy (non-hydrogen) atoms. The van der Waals surface area contributed by atoms with Gasteiger partial charge in [-0.25, -0.2) is 0 Å². The number of nitrogen functional groups attached to an aromatic ring is 1. The Balaban J connectivity index is 2.54. The Labute approximate surface area is 89.8 Å². The van der Waals surface area contributed by atoms with Crippen LogP contribution >= 0.6 is 0 Å². The van der Waals surface area contributed by atoms with Crippen molar-refractivity contribution in [1.82, 2.24) is 4.98 Å². The molecule has 2 aromatic rings. The van der Waals surface area contributed by atoms with Gasteiger partial charge in [0, 0.05) is 17.6 Å². The summed E-state index contributed by atoms with van der Waals surface area (Å²) < 4.78 is 0. The lowest BCUT2D eigenvalue weighted by Crippen LogP contribution is -1.89. The number of benzene rings is 1. The van der Waals surface area contributed by atoms with Crippen molar-refractivity contribution >= 4 is 5.69 Å². The summed E-state index contributed by atoms with van der Waals surface area (Å²) in [5.41, 5.74) is 11.1. The molecule has 0 fully saturated rings. The van der Waals surface area contributed by atoms with Crippen LogP contribution in [0.3, 0.4) is 0 Å². The Kier molecular flexibility index (Phi) is 2.42. The smallest absolute Gasteiger partial charge is 0.0378 e. The number of aryl methyl sites for hydroxylation is 2. The third kappa shape index (κ3) is 2.15. The lowest BCUT2D eigenvalue weighted by Gasteiger charge is -2.05. The average molecular weight is 198 g/mol. The van der Waals surface area contributed by atoms with Gasteiger partial charge in [0.15, 0.2) is 0 Å². The van der Waals surface area contributed by atoms with Crippen LogP contribution < -0.4 is 5.73 Å². The summed E-state index contributed by atoms with van der Waals surface area (Å²) in [5, 5.41) is 0. The molecule has 0 radical (unpaired) electrons. The van der Waals surface area contributed by atoms with Gasteiger partial charge in [-0.2, -0.15) is 0 Å². The molecule has 2 nitrogen and oxygen atoms in total. The second-order valence-corrected chi connectivity index (χ2v) is 3.82. The molecule has 0 aliphatic heterocycles. The molecule has 2 heteroatoms. The van der Waals surface area contributed by atoms with Gasteiger partial charge in [-0.3, -0.25) is 4.98 Å². The highest BCUT2D eigenvalue weighted by atomic mass is 14.6. The molecule has 0 aliphatic carbocycles. The first-order valence-corrected chi connectivity index (χ1v) is 4.95.